The molecule has 24 heavy (non-hydrogen) atoms. The molecule has 4 nitrogen and oxygen atoms in total. The average Bonchev–Trinajstić information content (AvgIpc) is 3.01. The molecular formula is C19H23NO3S. The van der Waals surface area contributed by atoms with Crippen molar-refractivity contribution in [3.8, 4) is 5.75 Å². The van der Waals surface area contributed by atoms with Gasteiger partial charge in [-0.2, -0.15) is 0 Å². The standard InChI is InChI=1S/C19H23NO3S/c1-13(21)16-9-10-17(24-16)18(22)20-11-12-23-15-7-5-14(6-8-15)19(2,3)4/h5-10H,11-12H2,1-4H3,(H,20,22). The Morgan fingerprint density at radius 1 is 1.04 bits per heavy atom. The third-order valence-corrected chi connectivity index (χ3v) is 4.74. The van der Waals surface area contributed by atoms with Gasteiger partial charge in [0.15, 0.2) is 5.78 Å². The number of thiophene rings is 1. The first kappa shape index (κ1) is 18.2. The molecule has 0 aliphatic carbocycles. The highest BCUT2D eigenvalue weighted by Crippen LogP contribution is 2.24. The minimum Gasteiger partial charge on any atom is -0.492 e. The van der Waals surface area contributed by atoms with Crippen LogP contribution in [0.15, 0.2) is 36.4 Å². The van der Waals surface area contributed by atoms with Crippen molar-refractivity contribution < 1.29 is 14.3 Å². The van der Waals surface area contributed by atoms with Crippen molar-refractivity contribution in [2.75, 3.05) is 13.2 Å². The summed E-state index contributed by atoms with van der Waals surface area (Å²) < 4.78 is 5.64. The fraction of sp³-hybridized carbons (Fsp3) is 0.368. The van der Waals surface area contributed by atoms with E-state index < -0.39 is 0 Å². The predicted molar refractivity (Wildman–Crippen MR) is 97.3 cm³/mol. The number of ether oxygens (including phenoxy) is 1. The number of rotatable bonds is 6. The molecule has 0 atom stereocenters. The fourth-order valence-electron chi connectivity index (χ4n) is 2.12. The highest BCUT2D eigenvalue weighted by molar-refractivity contribution is 7.15. The number of carbonyl (C=O) groups is 2. The molecule has 0 unspecified atom stereocenters. The second-order valence-electron chi connectivity index (χ2n) is 6.60. The van der Waals surface area contributed by atoms with Gasteiger partial charge in [-0.3, -0.25) is 9.59 Å². The van der Waals surface area contributed by atoms with E-state index in [4.69, 9.17) is 4.74 Å². The van der Waals surface area contributed by atoms with Gasteiger partial charge in [0, 0.05) is 0 Å². The summed E-state index contributed by atoms with van der Waals surface area (Å²) in [6, 6.07) is 11.4. The molecule has 1 heterocycles. The van der Waals surface area contributed by atoms with E-state index in [0.29, 0.717) is 22.9 Å². The molecule has 2 rings (SSSR count). The van der Waals surface area contributed by atoms with E-state index in [2.05, 4.69) is 38.2 Å². The summed E-state index contributed by atoms with van der Waals surface area (Å²) in [7, 11) is 0. The monoisotopic (exact) mass is 345 g/mol. The first-order chi connectivity index (χ1) is 11.3. The van der Waals surface area contributed by atoms with Crippen molar-refractivity contribution in [1.82, 2.24) is 5.32 Å². The van der Waals surface area contributed by atoms with Gasteiger partial charge in [0.05, 0.1) is 16.3 Å². The summed E-state index contributed by atoms with van der Waals surface area (Å²) in [4.78, 5) is 24.4. The SMILES string of the molecule is CC(=O)c1ccc(C(=O)NCCOc2ccc(C(C)(C)C)cc2)s1. The lowest BCUT2D eigenvalue weighted by Crippen LogP contribution is -2.27. The number of Topliss-reactive ketones (excluding diaryl/α,β-unsaturated/α-hetero) is 1. The van der Waals surface area contributed by atoms with Gasteiger partial charge in [0.2, 0.25) is 0 Å². The molecule has 5 heteroatoms. The molecule has 0 bridgehead atoms. The van der Waals surface area contributed by atoms with Crippen molar-refractivity contribution in [3.63, 3.8) is 0 Å². The summed E-state index contributed by atoms with van der Waals surface area (Å²) in [5.41, 5.74) is 1.37. The summed E-state index contributed by atoms with van der Waals surface area (Å²) >= 11 is 1.20. The number of amides is 1. The molecule has 0 aliphatic heterocycles. The minimum atomic E-state index is -0.181. The van der Waals surface area contributed by atoms with Gasteiger partial charge in [0.25, 0.3) is 5.91 Å². The molecular weight excluding hydrogens is 322 g/mol. The van der Waals surface area contributed by atoms with Gasteiger partial charge in [-0.1, -0.05) is 32.9 Å². The third kappa shape index (κ3) is 4.93. The Bertz CT molecular complexity index is 711. The molecule has 128 valence electrons. The van der Waals surface area contributed by atoms with Crippen LogP contribution in [0.4, 0.5) is 0 Å². The number of nitrogens with one attached hydrogen (secondary N) is 1. The molecule has 1 aromatic heterocycles. The number of ketones is 1. The number of carbonyl (C=O) groups excluding carboxylic acids is 2. The topological polar surface area (TPSA) is 55.4 Å². The highest BCUT2D eigenvalue weighted by Gasteiger charge is 2.13. The second-order valence-corrected chi connectivity index (χ2v) is 7.68. The summed E-state index contributed by atoms with van der Waals surface area (Å²) in [5.74, 6) is 0.576. The lowest BCUT2D eigenvalue weighted by molar-refractivity contribution is 0.0950. The van der Waals surface area contributed by atoms with Crippen LogP contribution in [0.25, 0.3) is 0 Å². The molecule has 0 fully saturated rings. The van der Waals surface area contributed by atoms with Crippen LogP contribution in [0.2, 0.25) is 0 Å². The zero-order chi connectivity index (χ0) is 17.7. The molecule has 1 N–H and O–H groups in total. The number of hydrogen-bond acceptors (Lipinski definition) is 4. The van der Waals surface area contributed by atoms with Gasteiger partial charge >= 0.3 is 0 Å². The van der Waals surface area contributed by atoms with Crippen molar-refractivity contribution in [2.24, 2.45) is 0 Å². The van der Waals surface area contributed by atoms with Crippen LogP contribution in [-0.2, 0) is 5.41 Å². The van der Waals surface area contributed by atoms with Crippen molar-refractivity contribution >= 4 is 23.0 Å². The van der Waals surface area contributed by atoms with E-state index in [1.165, 1.54) is 23.8 Å². The Morgan fingerprint density at radius 2 is 1.67 bits per heavy atom. The molecule has 0 saturated carbocycles. The molecule has 1 aromatic carbocycles. The van der Waals surface area contributed by atoms with Crippen molar-refractivity contribution in [2.45, 2.75) is 33.1 Å². The van der Waals surface area contributed by atoms with Crippen molar-refractivity contribution in [1.29, 1.82) is 0 Å². The maximum atomic E-state index is 12.0. The van der Waals surface area contributed by atoms with E-state index >= 15 is 0 Å². The second kappa shape index (κ2) is 7.62. The van der Waals surface area contributed by atoms with Crippen LogP contribution in [0.1, 0.15) is 52.6 Å². The predicted octanol–water partition coefficient (Wildman–Crippen LogP) is 4.06. The highest BCUT2D eigenvalue weighted by atomic mass is 32.1. The molecule has 0 aliphatic rings. The quantitative estimate of drug-likeness (QED) is 0.634. The summed E-state index contributed by atoms with van der Waals surface area (Å²) in [5, 5.41) is 2.79. The Hall–Kier alpha value is -2.14. The maximum Gasteiger partial charge on any atom is 0.261 e. The zero-order valence-electron chi connectivity index (χ0n) is 14.5. The van der Waals surface area contributed by atoms with E-state index in [1.807, 2.05) is 12.1 Å². The summed E-state index contributed by atoms with van der Waals surface area (Å²) in [6.45, 7) is 8.80. The molecule has 1 amide bonds. The van der Waals surface area contributed by atoms with E-state index in [0.717, 1.165) is 5.75 Å². The molecule has 2 aromatic rings. The van der Waals surface area contributed by atoms with Gasteiger partial charge in [-0.25, -0.2) is 0 Å². The summed E-state index contributed by atoms with van der Waals surface area (Å²) in [6.07, 6.45) is 0. The van der Waals surface area contributed by atoms with Crippen LogP contribution >= 0.6 is 11.3 Å². The van der Waals surface area contributed by atoms with Gasteiger partial charge in [-0.15, -0.1) is 11.3 Å². The van der Waals surface area contributed by atoms with Crippen molar-refractivity contribution in [3.05, 3.63) is 51.7 Å². The lowest BCUT2D eigenvalue weighted by Gasteiger charge is -2.19. The molecule has 0 saturated heterocycles. The minimum absolute atomic E-state index is 0.0268. The molecule has 0 radical (unpaired) electrons. The Balaban J connectivity index is 1.78. The largest absolute Gasteiger partial charge is 0.492 e. The number of benzene rings is 1. The average molecular weight is 345 g/mol. The lowest BCUT2D eigenvalue weighted by atomic mass is 9.87. The fourth-order valence-corrected chi connectivity index (χ4v) is 2.94. The van der Waals surface area contributed by atoms with Gasteiger partial charge in [0.1, 0.15) is 12.4 Å². The zero-order valence-corrected chi connectivity index (χ0v) is 15.3. The first-order valence-corrected chi connectivity index (χ1v) is 8.71. The van der Waals surface area contributed by atoms with E-state index in [9.17, 15) is 9.59 Å². The Kier molecular flexibility index (Phi) is 5.78. The van der Waals surface area contributed by atoms with Crippen LogP contribution in [0.3, 0.4) is 0 Å². The smallest absolute Gasteiger partial charge is 0.261 e. The number of hydrogen-bond donors (Lipinski definition) is 1. The van der Waals surface area contributed by atoms with Gasteiger partial charge < -0.3 is 10.1 Å². The Morgan fingerprint density at radius 3 is 2.21 bits per heavy atom. The van der Waals surface area contributed by atoms with Gasteiger partial charge in [-0.05, 0) is 42.2 Å². The molecule has 0 spiro atoms. The van der Waals surface area contributed by atoms with Crippen LogP contribution in [0, 0.1) is 0 Å². The maximum absolute atomic E-state index is 12.0. The van der Waals surface area contributed by atoms with Crippen LogP contribution in [0.5, 0.6) is 5.75 Å². The van der Waals surface area contributed by atoms with Crippen LogP contribution in [-0.4, -0.2) is 24.8 Å². The van der Waals surface area contributed by atoms with Crippen LogP contribution < -0.4 is 10.1 Å². The first-order valence-electron chi connectivity index (χ1n) is 7.89. The Labute approximate surface area is 146 Å². The van der Waals surface area contributed by atoms with E-state index in [1.54, 1.807) is 12.1 Å². The van der Waals surface area contributed by atoms with E-state index in [-0.39, 0.29) is 17.1 Å². The third-order valence-electron chi connectivity index (χ3n) is 3.55. The normalized spacial score (nSPS) is 11.2.